The van der Waals surface area contributed by atoms with Gasteiger partial charge >= 0.3 is 5.97 Å². The first kappa shape index (κ1) is 27.2. The van der Waals surface area contributed by atoms with E-state index in [0.717, 1.165) is 16.7 Å². The number of benzene rings is 3. The molecule has 10 nitrogen and oxygen atoms in total. The van der Waals surface area contributed by atoms with Gasteiger partial charge in [-0.2, -0.15) is 0 Å². The van der Waals surface area contributed by atoms with Gasteiger partial charge in [0.25, 0.3) is 0 Å². The molecule has 1 atom stereocenters. The number of anilines is 1. The van der Waals surface area contributed by atoms with Crippen molar-refractivity contribution in [1.82, 2.24) is 9.97 Å². The van der Waals surface area contributed by atoms with Crippen LogP contribution in [0.2, 0.25) is 0 Å². The molecule has 0 aliphatic carbocycles. The van der Waals surface area contributed by atoms with Gasteiger partial charge in [-0.3, -0.25) is 9.83 Å². The summed E-state index contributed by atoms with van der Waals surface area (Å²) < 4.78 is 11.6. The Morgan fingerprint density at radius 2 is 1.49 bits per heavy atom. The van der Waals surface area contributed by atoms with Crippen molar-refractivity contribution in [3.63, 3.8) is 0 Å². The van der Waals surface area contributed by atoms with E-state index in [9.17, 15) is 4.79 Å². The van der Waals surface area contributed by atoms with Crippen LogP contribution in [0.4, 0.5) is 5.95 Å². The van der Waals surface area contributed by atoms with E-state index < -0.39 is 18.2 Å². The molecule has 1 aromatic heterocycles. The lowest BCUT2D eigenvalue weighted by atomic mass is 10.0. The molecule has 4 rings (SSSR count). The van der Waals surface area contributed by atoms with Gasteiger partial charge in [0, 0.05) is 24.5 Å². The summed E-state index contributed by atoms with van der Waals surface area (Å²) in [5.74, 6) is 6.21. The first-order chi connectivity index (χ1) is 19.1. The maximum absolute atomic E-state index is 13.0. The topological polar surface area (TPSA) is 147 Å². The molecule has 1 unspecified atom stereocenters. The third kappa shape index (κ3) is 8.09. The van der Waals surface area contributed by atoms with E-state index in [0.29, 0.717) is 30.6 Å². The number of hydrogen-bond donors (Lipinski definition) is 3. The molecule has 3 aromatic carbocycles. The van der Waals surface area contributed by atoms with Crippen LogP contribution in [0.15, 0.2) is 108 Å². The van der Waals surface area contributed by atoms with Crippen molar-refractivity contribution in [2.75, 3.05) is 25.0 Å². The normalized spacial score (nSPS) is 12.1. The summed E-state index contributed by atoms with van der Waals surface area (Å²) >= 11 is 0. The van der Waals surface area contributed by atoms with Crippen molar-refractivity contribution >= 4 is 17.8 Å². The number of carbonyl (C=O) groups excluding carboxylic acids is 1. The van der Waals surface area contributed by atoms with Gasteiger partial charge in [-0.1, -0.05) is 60.7 Å². The minimum atomic E-state index is -1.13. The first-order valence-corrected chi connectivity index (χ1v) is 12.3. The molecule has 39 heavy (non-hydrogen) atoms. The highest BCUT2D eigenvalue weighted by molar-refractivity contribution is 5.97. The van der Waals surface area contributed by atoms with Crippen molar-refractivity contribution in [1.29, 1.82) is 0 Å². The monoisotopic (exact) mass is 526 g/mol. The fourth-order valence-corrected chi connectivity index (χ4v) is 3.66. The second kappa shape index (κ2) is 14.2. The number of nitrogens with one attached hydrogen (secondary N) is 1. The van der Waals surface area contributed by atoms with E-state index in [1.807, 2.05) is 60.7 Å². The van der Waals surface area contributed by atoms with Gasteiger partial charge in [-0.15, -0.1) is 0 Å². The average Bonchev–Trinajstić information content (AvgIpc) is 3.00. The van der Waals surface area contributed by atoms with Crippen molar-refractivity contribution in [2.45, 2.75) is 12.2 Å². The summed E-state index contributed by atoms with van der Waals surface area (Å²) in [4.78, 5) is 30.4. The van der Waals surface area contributed by atoms with Gasteiger partial charge in [0.05, 0.1) is 6.54 Å². The van der Waals surface area contributed by atoms with E-state index in [2.05, 4.69) is 20.3 Å². The van der Waals surface area contributed by atoms with E-state index in [-0.39, 0.29) is 6.61 Å². The average molecular weight is 527 g/mol. The van der Waals surface area contributed by atoms with Crippen LogP contribution in [0.5, 0.6) is 5.75 Å². The summed E-state index contributed by atoms with van der Waals surface area (Å²) in [7, 11) is 0. The number of nitrogens with two attached hydrogens (primary N) is 2. The predicted molar refractivity (Wildman–Crippen MR) is 148 cm³/mol. The van der Waals surface area contributed by atoms with Crippen LogP contribution < -0.4 is 21.7 Å². The lowest BCUT2D eigenvalue weighted by Crippen LogP contribution is -2.35. The predicted octanol–water partition coefficient (Wildman–Crippen LogP) is 3.26. The number of nitrogens with zero attached hydrogens (tertiary/aromatic N) is 3. The van der Waals surface area contributed by atoms with Gasteiger partial charge < -0.3 is 20.5 Å². The fraction of sp³-hybridized carbons (Fsp3) is 0.172. The Morgan fingerprint density at radius 3 is 2.08 bits per heavy atom. The van der Waals surface area contributed by atoms with Gasteiger partial charge in [-0.05, 0) is 41.5 Å². The van der Waals surface area contributed by atoms with Crippen LogP contribution in [-0.4, -0.2) is 47.6 Å². The summed E-state index contributed by atoms with van der Waals surface area (Å²) in [5, 5.41) is 3.07. The highest BCUT2D eigenvalue weighted by Crippen LogP contribution is 2.26. The van der Waals surface area contributed by atoms with Crippen molar-refractivity contribution in [3.05, 3.63) is 120 Å². The van der Waals surface area contributed by atoms with Crippen molar-refractivity contribution in [2.24, 2.45) is 16.6 Å². The Morgan fingerprint density at radius 1 is 0.872 bits per heavy atom. The Balaban J connectivity index is 1.31. The number of rotatable bonds is 13. The number of hydrogen-bond acceptors (Lipinski definition) is 9. The Hall–Kier alpha value is -4.80. The number of carbonyl (C=O) groups is 1. The lowest BCUT2D eigenvalue weighted by molar-refractivity contribution is -0.163. The quantitative estimate of drug-likeness (QED) is 0.0785. The minimum absolute atomic E-state index is 0.137. The van der Waals surface area contributed by atoms with Gasteiger partial charge in [0.2, 0.25) is 12.1 Å². The standard InChI is InChI=1S/C29H30N6O4/c30-27(32-18-19-35-29-33-16-7-17-34-29)23-12-14-24(15-13-23)37-20-25(39-31)28(36)38-26(21-8-3-1-4-9-21)22-10-5-2-6-11-22/h1-17,25-26H,18-20,31H2,(H2,30,32)(H,33,34,35). The fourth-order valence-electron chi connectivity index (χ4n) is 3.66. The van der Waals surface area contributed by atoms with E-state index in [4.69, 9.17) is 25.9 Å². The summed E-state index contributed by atoms with van der Waals surface area (Å²) in [5.41, 5.74) is 8.49. The summed E-state index contributed by atoms with van der Waals surface area (Å²) in [6.45, 7) is 0.854. The molecule has 5 N–H and O–H groups in total. The number of aromatic nitrogens is 2. The number of amidine groups is 1. The van der Waals surface area contributed by atoms with Gasteiger partial charge in [0.15, 0.2) is 6.10 Å². The molecule has 0 radical (unpaired) electrons. The summed E-state index contributed by atoms with van der Waals surface area (Å²) in [6.07, 6.45) is 1.57. The number of ether oxygens (including phenoxy) is 2. The second-order valence-electron chi connectivity index (χ2n) is 8.36. The molecule has 1 heterocycles. The third-order valence-electron chi connectivity index (χ3n) is 5.66. The van der Waals surface area contributed by atoms with Crippen LogP contribution in [0, 0.1) is 0 Å². The van der Waals surface area contributed by atoms with E-state index in [1.54, 1.807) is 42.7 Å². The Kier molecular flexibility index (Phi) is 9.93. The molecular formula is C29H30N6O4. The van der Waals surface area contributed by atoms with Crippen molar-refractivity contribution < 1.29 is 19.1 Å². The van der Waals surface area contributed by atoms with Crippen LogP contribution in [0.3, 0.4) is 0 Å². The molecule has 0 saturated carbocycles. The van der Waals surface area contributed by atoms with Crippen molar-refractivity contribution in [3.8, 4) is 5.75 Å². The molecule has 0 aliphatic heterocycles. The third-order valence-corrected chi connectivity index (χ3v) is 5.66. The lowest BCUT2D eigenvalue weighted by Gasteiger charge is -2.22. The molecule has 10 heteroatoms. The van der Waals surface area contributed by atoms with E-state index >= 15 is 0 Å². The minimum Gasteiger partial charge on any atom is -0.490 e. The van der Waals surface area contributed by atoms with E-state index in [1.165, 1.54) is 0 Å². The molecule has 0 spiro atoms. The number of esters is 1. The zero-order valence-corrected chi connectivity index (χ0v) is 21.2. The summed E-state index contributed by atoms with van der Waals surface area (Å²) in [6, 6.07) is 27.7. The molecule has 4 aromatic rings. The largest absolute Gasteiger partial charge is 0.490 e. The van der Waals surface area contributed by atoms with Gasteiger partial charge in [-0.25, -0.2) is 20.7 Å². The molecule has 0 aliphatic rings. The highest BCUT2D eigenvalue weighted by atomic mass is 16.7. The zero-order valence-electron chi connectivity index (χ0n) is 21.2. The number of aliphatic imine (C=N–C) groups is 1. The van der Waals surface area contributed by atoms with Gasteiger partial charge in [0.1, 0.15) is 18.2 Å². The molecule has 200 valence electrons. The second-order valence-corrected chi connectivity index (χ2v) is 8.36. The zero-order chi connectivity index (χ0) is 27.3. The SMILES string of the molecule is NOC(COc1ccc(C(N)=NCCNc2ncccn2)cc1)C(=O)OC(c1ccccc1)c1ccccc1. The maximum atomic E-state index is 13.0. The molecular weight excluding hydrogens is 496 g/mol. The van der Waals surface area contributed by atoms with Crippen LogP contribution in [0.1, 0.15) is 22.8 Å². The smallest absolute Gasteiger partial charge is 0.341 e. The highest BCUT2D eigenvalue weighted by Gasteiger charge is 2.27. The Bertz CT molecular complexity index is 1280. The van der Waals surface area contributed by atoms with Crippen LogP contribution in [0.25, 0.3) is 0 Å². The maximum Gasteiger partial charge on any atom is 0.341 e. The molecule has 0 fully saturated rings. The molecule has 0 bridgehead atoms. The molecule has 0 saturated heterocycles. The Labute approximate surface area is 226 Å². The van der Waals surface area contributed by atoms with Crippen LogP contribution >= 0.6 is 0 Å². The molecule has 0 amide bonds. The first-order valence-electron chi connectivity index (χ1n) is 12.3. The van der Waals surface area contributed by atoms with Crippen LogP contribution in [-0.2, 0) is 14.4 Å².